The number of carbonyl (C=O) groups is 2. The minimum Gasteiger partial charge on any atom is -0.761 e. The van der Waals surface area contributed by atoms with Crippen molar-refractivity contribution in [1.82, 2.24) is 15.0 Å². The molecule has 2 aromatic carbocycles. The lowest BCUT2D eigenvalue weighted by Gasteiger charge is -2.15. The molecule has 0 bridgehead atoms. The second-order valence-corrected chi connectivity index (χ2v) is 8.62. The monoisotopic (exact) mass is 552 g/mol. The van der Waals surface area contributed by atoms with Crippen LogP contribution in [0, 0.1) is 5.21 Å². The first-order valence-electron chi connectivity index (χ1n) is 11.1. The van der Waals surface area contributed by atoms with Crippen molar-refractivity contribution in [2.75, 3.05) is 34.5 Å². The average molecular weight is 553 g/mol. The molecule has 0 saturated carbocycles. The van der Waals surface area contributed by atoms with Crippen molar-refractivity contribution in [2.24, 2.45) is 0 Å². The van der Waals surface area contributed by atoms with Gasteiger partial charge in [0.15, 0.2) is 0 Å². The minimum atomic E-state index is -1.23. The Bertz CT molecular complexity index is 1470. The fourth-order valence-electron chi connectivity index (χ4n) is 3.43. The molecule has 0 aliphatic rings. The molecule has 0 aliphatic heterocycles. The van der Waals surface area contributed by atoms with E-state index in [1.807, 2.05) is 0 Å². The molecule has 0 radical (unpaired) electrons. The van der Waals surface area contributed by atoms with E-state index in [2.05, 4.69) is 30.9 Å². The van der Waals surface area contributed by atoms with Gasteiger partial charge in [-0.25, -0.2) is 19.7 Å². The van der Waals surface area contributed by atoms with Gasteiger partial charge >= 0.3 is 5.97 Å². The summed E-state index contributed by atoms with van der Waals surface area (Å²) in [4.78, 5) is 37.5. The number of hydrogen-bond acceptors (Lipinski definition) is 9. The Hall–Kier alpha value is -4.45. The van der Waals surface area contributed by atoms with Crippen molar-refractivity contribution in [3.05, 3.63) is 93.4 Å². The van der Waals surface area contributed by atoms with E-state index in [0.29, 0.717) is 45.9 Å². The van der Waals surface area contributed by atoms with Gasteiger partial charge in [0.1, 0.15) is 11.5 Å². The van der Waals surface area contributed by atoms with Crippen LogP contribution >= 0.6 is 23.2 Å². The molecule has 2 aromatic heterocycles. The van der Waals surface area contributed by atoms with Gasteiger partial charge < -0.3 is 31.7 Å². The molecular formula is C25H20Cl2N7O4-. The van der Waals surface area contributed by atoms with Crippen LogP contribution < -0.4 is 21.4 Å². The first-order chi connectivity index (χ1) is 18.4. The lowest BCUT2D eigenvalue weighted by molar-refractivity contribution is 0.0692. The molecule has 0 atom stereocenters. The van der Waals surface area contributed by atoms with Gasteiger partial charge in [0, 0.05) is 29.4 Å². The van der Waals surface area contributed by atoms with Crippen molar-refractivity contribution in [3.63, 3.8) is 0 Å². The van der Waals surface area contributed by atoms with E-state index in [1.54, 1.807) is 41.9 Å². The second kappa shape index (κ2) is 12.2. The third-order valence-corrected chi connectivity index (χ3v) is 5.77. The van der Waals surface area contributed by atoms with Gasteiger partial charge in [-0.15, -0.1) is 0 Å². The van der Waals surface area contributed by atoms with Crippen LogP contribution in [0.1, 0.15) is 20.7 Å². The van der Waals surface area contributed by atoms with Crippen LogP contribution in [0.2, 0.25) is 10.0 Å². The summed E-state index contributed by atoms with van der Waals surface area (Å²) in [6.45, 7) is 0.872. The molecule has 0 unspecified atom stereocenters. The number of anilines is 4. The quantitative estimate of drug-likeness (QED) is 0.130. The SMILES string of the molecule is O=C(O)c1ccccc1C(=O)Nc1cnc(NCCNc2ccc(N[O-])cn2)nc1-c1ccc(Cl)cc1Cl. The number of carbonyl (C=O) groups excluding carboxylic acids is 1. The highest BCUT2D eigenvalue weighted by atomic mass is 35.5. The first-order valence-corrected chi connectivity index (χ1v) is 11.9. The number of aromatic nitrogens is 3. The molecule has 2 heterocycles. The van der Waals surface area contributed by atoms with Crippen molar-refractivity contribution in [2.45, 2.75) is 0 Å². The third kappa shape index (κ3) is 6.45. The molecule has 0 aliphatic carbocycles. The Morgan fingerprint density at radius 2 is 1.68 bits per heavy atom. The summed E-state index contributed by atoms with van der Waals surface area (Å²) in [5.41, 5.74) is 2.97. The normalized spacial score (nSPS) is 10.5. The van der Waals surface area contributed by atoms with Gasteiger partial charge in [-0.2, -0.15) is 0 Å². The molecule has 4 aromatic rings. The minimum absolute atomic E-state index is 0.0193. The van der Waals surface area contributed by atoms with E-state index < -0.39 is 11.9 Å². The lowest BCUT2D eigenvalue weighted by atomic mass is 10.1. The Morgan fingerprint density at radius 3 is 2.37 bits per heavy atom. The summed E-state index contributed by atoms with van der Waals surface area (Å²) in [7, 11) is 0. The molecule has 13 heteroatoms. The number of carboxylic acid groups (broad SMARTS) is 1. The summed E-state index contributed by atoms with van der Waals surface area (Å²) in [5.74, 6) is -1.03. The van der Waals surface area contributed by atoms with Crippen molar-refractivity contribution >= 4 is 58.2 Å². The smallest absolute Gasteiger partial charge is 0.336 e. The number of nitrogens with one attached hydrogen (secondary N) is 4. The summed E-state index contributed by atoms with van der Waals surface area (Å²) in [6, 6.07) is 14.0. The molecular weight excluding hydrogens is 533 g/mol. The highest BCUT2D eigenvalue weighted by Crippen LogP contribution is 2.34. The number of amides is 1. The van der Waals surface area contributed by atoms with Crippen molar-refractivity contribution < 1.29 is 14.7 Å². The predicted octanol–water partition coefficient (Wildman–Crippen LogP) is 5.23. The number of nitrogens with zero attached hydrogens (tertiary/aromatic N) is 3. The number of rotatable bonds is 10. The zero-order valence-corrected chi connectivity index (χ0v) is 21.0. The Morgan fingerprint density at radius 1 is 0.921 bits per heavy atom. The number of hydrogen-bond donors (Lipinski definition) is 5. The van der Waals surface area contributed by atoms with E-state index in [9.17, 15) is 19.9 Å². The number of aromatic carboxylic acids is 1. The van der Waals surface area contributed by atoms with Gasteiger partial charge in [-0.05, 0) is 42.5 Å². The van der Waals surface area contributed by atoms with Crippen LogP contribution in [-0.4, -0.2) is 45.0 Å². The highest BCUT2D eigenvalue weighted by molar-refractivity contribution is 6.36. The Kier molecular flexibility index (Phi) is 8.54. The van der Waals surface area contributed by atoms with E-state index in [4.69, 9.17) is 23.2 Å². The van der Waals surface area contributed by atoms with Crippen LogP contribution in [0.25, 0.3) is 11.3 Å². The zero-order chi connectivity index (χ0) is 27.1. The van der Waals surface area contributed by atoms with Crippen LogP contribution in [0.15, 0.2) is 67.0 Å². The van der Waals surface area contributed by atoms with Crippen LogP contribution in [0.3, 0.4) is 0 Å². The van der Waals surface area contributed by atoms with Crippen LogP contribution in [0.4, 0.5) is 23.1 Å². The van der Waals surface area contributed by atoms with E-state index in [-0.39, 0.29) is 22.8 Å². The summed E-state index contributed by atoms with van der Waals surface area (Å²) >= 11 is 12.5. The lowest BCUT2D eigenvalue weighted by Crippen LogP contribution is -2.18. The topological polar surface area (TPSA) is 164 Å². The maximum atomic E-state index is 13.0. The second-order valence-electron chi connectivity index (χ2n) is 7.77. The van der Waals surface area contributed by atoms with Crippen molar-refractivity contribution in [3.8, 4) is 11.3 Å². The number of carboxylic acids is 1. The molecule has 194 valence electrons. The summed E-state index contributed by atoms with van der Waals surface area (Å²) in [5, 5.41) is 29.7. The fraction of sp³-hybridized carbons (Fsp3) is 0.0800. The number of halogens is 2. The third-order valence-electron chi connectivity index (χ3n) is 5.22. The Labute approximate surface area is 226 Å². The largest absolute Gasteiger partial charge is 0.761 e. The molecule has 4 rings (SSSR count). The molecule has 0 fully saturated rings. The van der Waals surface area contributed by atoms with E-state index in [0.717, 1.165) is 0 Å². The number of pyridine rings is 1. The summed E-state index contributed by atoms with van der Waals surface area (Å²) < 4.78 is 0. The van der Waals surface area contributed by atoms with E-state index >= 15 is 0 Å². The van der Waals surface area contributed by atoms with Crippen molar-refractivity contribution in [1.29, 1.82) is 0 Å². The first kappa shape index (κ1) is 26.6. The highest BCUT2D eigenvalue weighted by Gasteiger charge is 2.19. The summed E-state index contributed by atoms with van der Waals surface area (Å²) in [6.07, 6.45) is 2.82. The van der Waals surface area contributed by atoms with Crippen LogP contribution in [-0.2, 0) is 0 Å². The molecule has 1 amide bonds. The molecule has 11 nitrogen and oxygen atoms in total. The molecule has 38 heavy (non-hydrogen) atoms. The maximum absolute atomic E-state index is 13.0. The van der Waals surface area contributed by atoms with Gasteiger partial charge in [0.05, 0.1) is 34.2 Å². The number of benzene rings is 2. The Balaban J connectivity index is 1.55. The molecule has 0 saturated heterocycles. The molecule has 0 spiro atoms. The fourth-order valence-corrected chi connectivity index (χ4v) is 3.92. The average Bonchev–Trinajstić information content (AvgIpc) is 2.92. The van der Waals surface area contributed by atoms with E-state index in [1.165, 1.54) is 30.6 Å². The molecule has 5 N–H and O–H groups in total. The van der Waals surface area contributed by atoms with Gasteiger partial charge in [-0.1, -0.05) is 35.3 Å². The predicted molar refractivity (Wildman–Crippen MR) is 147 cm³/mol. The maximum Gasteiger partial charge on any atom is 0.336 e. The van der Waals surface area contributed by atoms with Gasteiger partial charge in [0.25, 0.3) is 5.91 Å². The van der Waals surface area contributed by atoms with Crippen LogP contribution in [0.5, 0.6) is 0 Å². The van der Waals surface area contributed by atoms with Gasteiger partial charge in [0.2, 0.25) is 5.95 Å². The van der Waals surface area contributed by atoms with Gasteiger partial charge in [-0.3, -0.25) is 4.79 Å². The standard InChI is InChI=1S/C25H20Cl2N7O4/c26-14-5-7-18(19(27)11-14)22-20(32-23(35)16-3-1-2-4-17(16)24(36)37)13-31-25(33-22)29-10-9-28-21-8-6-15(34-38)12-30-21/h1-8,11-13,34H,9-10H2,(H,28,30)(H,32,35)(H,36,37)(H,29,31,33)/q-1. The zero-order valence-electron chi connectivity index (χ0n) is 19.5.